The second-order valence-electron chi connectivity index (χ2n) is 8.87. The summed E-state index contributed by atoms with van der Waals surface area (Å²) in [5, 5.41) is 0. The van der Waals surface area contributed by atoms with Crippen molar-refractivity contribution in [1.82, 2.24) is 9.88 Å². The Morgan fingerprint density at radius 3 is 2.53 bits per heavy atom. The number of fused-ring (bicyclic) bond motifs is 3. The summed E-state index contributed by atoms with van der Waals surface area (Å²) >= 11 is 0. The van der Waals surface area contributed by atoms with Gasteiger partial charge in [0.15, 0.2) is 23.0 Å². The molecular formula is C27H26N2O7. The Morgan fingerprint density at radius 1 is 1.00 bits per heavy atom. The molecule has 9 nitrogen and oxygen atoms in total. The number of pyridine rings is 1. The van der Waals surface area contributed by atoms with Gasteiger partial charge < -0.3 is 28.4 Å². The van der Waals surface area contributed by atoms with Crippen LogP contribution in [-0.2, 0) is 11.2 Å². The third-order valence-corrected chi connectivity index (χ3v) is 7.17. The number of ether oxygens (including phenoxy) is 6. The molecule has 0 radical (unpaired) electrons. The summed E-state index contributed by atoms with van der Waals surface area (Å²) in [4.78, 5) is 19.7. The number of aromatic nitrogens is 1. The molecule has 0 saturated heterocycles. The molecule has 2 atom stereocenters. The molecule has 0 bridgehead atoms. The van der Waals surface area contributed by atoms with Crippen molar-refractivity contribution in [2.75, 3.05) is 41.7 Å². The van der Waals surface area contributed by atoms with Crippen LogP contribution in [0.2, 0.25) is 0 Å². The van der Waals surface area contributed by atoms with E-state index in [1.165, 1.54) is 7.11 Å². The molecule has 0 fully saturated rings. The van der Waals surface area contributed by atoms with E-state index in [1.54, 1.807) is 26.5 Å². The monoisotopic (exact) mass is 490 g/mol. The lowest BCUT2D eigenvalue weighted by atomic mass is 9.81. The maximum Gasteiger partial charge on any atom is 0.343 e. The maximum absolute atomic E-state index is 13.2. The van der Waals surface area contributed by atoms with Gasteiger partial charge in [-0.3, -0.25) is 9.88 Å². The number of methoxy groups -OCH3 is 3. The predicted octanol–water partition coefficient (Wildman–Crippen LogP) is 3.94. The van der Waals surface area contributed by atoms with E-state index in [9.17, 15) is 4.79 Å². The van der Waals surface area contributed by atoms with Crippen molar-refractivity contribution in [3.63, 3.8) is 0 Å². The van der Waals surface area contributed by atoms with Gasteiger partial charge in [-0.2, -0.15) is 0 Å². The molecule has 0 saturated carbocycles. The smallest absolute Gasteiger partial charge is 0.343 e. The number of carbonyl (C=O) groups is 1. The van der Waals surface area contributed by atoms with Gasteiger partial charge in [0.25, 0.3) is 0 Å². The Hall–Kier alpha value is -3.98. The normalized spacial score (nSPS) is 19.9. The van der Waals surface area contributed by atoms with Crippen molar-refractivity contribution >= 4 is 5.97 Å². The van der Waals surface area contributed by atoms with Crippen LogP contribution in [-0.4, -0.2) is 57.6 Å². The second-order valence-corrected chi connectivity index (χ2v) is 8.87. The summed E-state index contributed by atoms with van der Waals surface area (Å²) < 4.78 is 34.8. The number of nitrogens with zero attached hydrogens (tertiary/aromatic N) is 2. The SMILES string of the molecule is COc1ccc2c(c1OC)C(=O)O[C@@H]2[C@H]1c2c(c(-c3cccnc3)c3c(c2OC)OCO3)CCN1C. The molecule has 0 spiro atoms. The van der Waals surface area contributed by atoms with Gasteiger partial charge in [-0.05, 0) is 31.2 Å². The third kappa shape index (κ3) is 3.12. The van der Waals surface area contributed by atoms with Gasteiger partial charge >= 0.3 is 5.97 Å². The fraction of sp³-hybridized carbons (Fsp3) is 0.333. The molecule has 3 aliphatic rings. The zero-order valence-corrected chi connectivity index (χ0v) is 20.5. The molecule has 186 valence electrons. The standard InChI is InChI=1S/C27H26N2O7/c1-29-11-9-15-18(14-6-5-10-28-12-14)25-26(35-13-34-25)24(33-4)19(15)21(29)22-16-7-8-17(31-2)23(32-3)20(16)27(30)36-22/h5-8,10,12,21-22H,9,11,13H2,1-4H3/t21-,22+/m1/s1. The van der Waals surface area contributed by atoms with Crippen molar-refractivity contribution < 1.29 is 33.2 Å². The number of hydrogen-bond donors (Lipinski definition) is 0. The van der Waals surface area contributed by atoms with E-state index in [4.69, 9.17) is 28.4 Å². The molecule has 3 aliphatic heterocycles. The fourth-order valence-electron chi connectivity index (χ4n) is 5.65. The first-order chi connectivity index (χ1) is 17.6. The van der Waals surface area contributed by atoms with Gasteiger partial charge in [0.05, 0.1) is 27.4 Å². The minimum Gasteiger partial charge on any atom is -0.493 e. The number of carbonyl (C=O) groups excluding carboxylic acids is 1. The van der Waals surface area contributed by atoms with Gasteiger partial charge in [0.2, 0.25) is 12.5 Å². The molecule has 0 N–H and O–H groups in total. The topological polar surface area (TPSA) is 88.6 Å². The highest BCUT2D eigenvalue weighted by Crippen LogP contribution is 2.58. The minimum atomic E-state index is -0.590. The van der Waals surface area contributed by atoms with Crippen molar-refractivity contribution in [3.05, 3.63) is 58.9 Å². The molecule has 2 aromatic carbocycles. The zero-order valence-electron chi connectivity index (χ0n) is 20.5. The Labute approximate surface area is 208 Å². The Bertz CT molecular complexity index is 1360. The average molecular weight is 491 g/mol. The summed E-state index contributed by atoms with van der Waals surface area (Å²) in [6.07, 6.45) is 3.72. The highest BCUT2D eigenvalue weighted by Gasteiger charge is 2.47. The van der Waals surface area contributed by atoms with Crippen LogP contribution < -0.4 is 23.7 Å². The van der Waals surface area contributed by atoms with Gasteiger partial charge in [0.1, 0.15) is 11.7 Å². The number of benzene rings is 2. The van der Waals surface area contributed by atoms with E-state index in [-0.39, 0.29) is 12.8 Å². The molecule has 6 rings (SSSR count). The first-order valence-corrected chi connectivity index (χ1v) is 11.7. The van der Waals surface area contributed by atoms with E-state index < -0.39 is 12.1 Å². The zero-order chi connectivity index (χ0) is 25.0. The first kappa shape index (κ1) is 22.5. The van der Waals surface area contributed by atoms with E-state index in [0.717, 1.165) is 40.8 Å². The molecule has 9 heteroatoms. The molecule has 1 aromatic heterocycles. The number of esters is 1. The van der Waals surface area contributed by atoms with Crippen molar-refractivity contribution in [1.29, 1.82) is 0 Å². The first-order valence-electron chi connectivity index (χ1n) is 11.7. The largest absolute Gasteiger partial charge is 0.493 e. The molecule has 3 aromatic rings. The summed E-state index contributed by atoms with van der Waals surface area (Å²) in [5.74, 6) is 2.19. The third-order valence-electron chi connectivity index (χ3n) is 7.17. The molecule has 0 aliphatic carbocycles. The summed E-state index contributed by atoms with van der Waals surface area (Å²) in [7, 11) is 6.70. The van der Waals surface area contributed by atoms with Crippen LogP contribution in [0.3, 0.4) is 0 Å². The van der Waals surface area contributed by atoms with E-state index in [2.05, 4.69) is 9.88 Å². The van der Waals surface area contributed by atoms with E-state index in [0.29, 0.717) is 34.3 Å². The number of hydrogen-bond acceptors (Lipinski definition) is 9. The second kappa shape index (κ2) is 8.60. The molecule has 36 heavy (non-hydrogen) atoms. The number of rotatable bonds is 5. The number of likely N-dealkylation sites (N-methyl/N-ethyl adjacent to an activating group) is 1. The quantitative estimate of drug-likeness (QED) is 0.494. The highest BCUT2D eigenvalue weighted by atomic mass is 16.7. The van der Waals surface area contributed by atoms with Gasteiger partial charge in [-0.15, -0.1) is 0 Å². The Kier molecular flexibility index (Phi) is 5.37. The summed E-state index contributed by atoms with van der Waals surface area (Å²) in [6.45, 7) is 0.838. The lowest BCUT2D eigenvalue weighted by Gasteiger charge is -2.39. The van der Waals surface area contributed by atoms with Gasteiger partial charge in [0, 0.05) is 41.2 Å². The summed E-state index contributed by atoms with van der Waals surface area (Å²) in [5.41, 5.74) is 4.96. The maximum atomic E-state index is 13.2. The van der Waals surface area contributed by atoms with E-state index >= 15 is 0 Å². The molecule has 0 amide bonds. The lowest BCUT2D eigenvalue weighted by molar-refractivity contribution is 0.00877. The van der Waals surface area contributed by atoms with Crippen LogP contribution in [0.1, 0.15) is 39.2 Å². The van der Waals surface area contributed by atoms with Crippen LogP contribution >= 0.6 is 0 Å². The molecular weight excluding hydrogens is 464 g/mol. The average Bonchev–Trinajstić information content (AvgIpc) is 3.52. The van der Waals surface area contributed by atoms with Crippen LogP contribution in [0, 0.1) is 0 Å². The van der Waals surface area contributed by atoms with Crippen LogP contribution in [0.5, 0.6) is 28.7 Å². The molecule has 0 unspecified atom stereocenters. The predicted molar refractivity (Wildman–Crippen MR) is 129 cm³/mol. The lowest BCUT2D eigenvalue weighted by Crippen LogP contribution is -2.36. The fourth-order valence-corrected chi connectivity index (χ4v) is 5.65. The Balaban J connectivity index is 1.60. The summed E-state index contributed by atoms with van der Waals surface area (Å²) in [6, 6.07) is 7.24. The Morgan fingerprint density at radius 2 is 1.81 bits per heavy atom. The van der Waals surface area contributed by atoms with Crippen LogP contribution in [0.4, 0.5) is 0 Å². The molecule has 4 heterocycles. The van der Waals surface area contributed by atoms with Gasteiger partial charge in [-0.25, -0.2) is 4.79 Å². The highest BCUT2D eigenvalue weighted by molar-refractivity contribution is 5.98. The van der Waals surface area contributed by atoms with Crippen molar-refractivity contribution in [2.24, 2.45) is 0 Å². The minimum absolute atomic E-state index is 0.0978. The van der Waals surface area contributed by atoms with E-state index in [1.807, 2.05) is 31.4 Å². The number of cyclic esters (lactones) is 1. The van der Waals surface area contributed by atoms with Crippen LogP contribution in [0.25, 0.3) is 11.1 Å². The van der Waals surface area contributed by atoms with Gasteiger partial charge in [-0.1, -0.05) is 12.1 Å². The van der Waals surface area contributed by atoms with Crippen molar-refractivity contribution in [2.45, 2.75) is 18.6 Å². The van der Waals surface area contributed by atoms with Crippen LogP contribution in [0.15, 0.2) is 36.7 Å². The van der Waals surface area contributed by atoms with Crippen molar-refractivity contribution in [3.8, 4) is 39.9 Å².